The van der Waals surface area contributed by atoms with E-state index in [1.807, 2.05) is 6.07 Å². The summed E-state index contributed by atoms with van der Waals surface area (Å²) in [4.78, 5) is 11.2. The fraction of sp³-hybridized carbons (Fsp3) is 0.625. The van der Waals surface area contributed by atoms with Crippen molar-refractivity contribution in [1.29, 1.82) is 0 Å². The molecule has 0 amide bonds. The second-order valence-corrected chi connectivity index (χ2v) is 16.8. The predicted octanol–water partition coefficient (Wildman–Crippen LogP) is 9.73. The van der Waals surface area contributed by atoms with Crippen LogP contribution in [-0.2, 0) is 31.6 Å². The van der Waals surface area contributed by atoms with Gasteiger partial charge in [-0.25, -0.2) is 4.57 Å². The van der Waals surface area contributed by atoms with Crippen LogP contribution in [0.2, 0.25) is 0 Å². The number of phosphoric acid groups is 1. The Hall–Kier alpha value is -1.77. The summed E-state index contributed by atoms with van der Waals surface area (Å²) in [7, 11) is -4.54. The lowest BCUT2D eigenvalue weighted by atomic mass is 9.75. The molecule has 0 radical (unpaired) electrons. The maximum absolute atomic E-state index is 13.7. The molecule has 1 N–H and O–H groups in total. The summed E-state index contributed by atoms with van der Waals surface area (Å²) in [6.45, 7) is 31.8. The van der Waals surface area contributed by atoms with Crippen molar-refractivity contribution < 1.29 is 18.5 Å². The van der Waals surface area contributed by atoms with Crippen LogP contribution in [0, 0.1) is 0 Å². The van der Waals surface area contributed by atoms with Gasteiger partial charge in [0.15, 0.2) is 0 Å². The first-order valence-corrected chi connectivity index (χ1v) is 14.8. The fourth-order valence-corrected chi connectivity index (χ4v) is 5.07. The van der Waals surface area contributed by atoms with E-state index in [9.17, 15) is 9.46 Å². The zero-order valence-electron chi connectivity index (χ0n) is 26.0. The SMILES string of the molecule is CC(C)(C)c1ccc(OP(=O)(O)Oc2c(C(C)(C)C)cc(C(C)(C)C)cc2C(C)(C)C)c(C(C)(C)C)c1. The molecule has 2 aromatic carbocycles. The molecule has 208 valence electrons. The highest BCUT2D eigenvalue weighted by molar-refractivity contribution is 7.48. The average Bonchev–Trinajstić information content (AvgIpc) is 2.63. The number of benzene rings is 2. The van der Waals surface area contributed by atoms with Gasteiger partial charge < -0.3 is 9.05 Å². The molecule has 2 rings (SSSR count). The highest BCUT2D eigenvalue weighted by Crippen LogP contribution is 2.52. The molecule has 1 atom stereocenters. The molecular weight excluding hydrogens is 479 g/mol. The van der Waals surface area contributed by atoms with E-state index < -0.39 is 7.82 Å². The lowest BCUT2D eigenvalue weighted by molar-refractivity contribution is 0.283. The second kappa shape index (κ2) is 9.76. The van der Waals surface area contributed by atoms with Gasteiger partial charge in [-0.1, -0.05) is 128 Å². The van der Waals surface area contributed by atoms with Crippen molar-refractivity contribution in [3.63, 3.8) is 0 Å². The Morgan fingerprint density at radius 1 is 0.541 bits per heavy atom. The minimum Gasteiger partial charge on any atom is -0.395 e. The molecule has 0 aromatic heterocycles. The van der Waals surface area contributed by atoms with Crippen LogP contribution in [-0.4, -0.2) is 4.89 Å². The van der Waals surface area contributed by atoms with Crippen LogP contribution in [0.15, 0.2) is 30.3 Å². The molecule has 0 spiro atoms. The van der Waals surface area contributed by atoms with E-state index >= 15 is 0 Å². The molecule has 0 saturated heterocycles. The van der Waals surface area contributed by atoms with Gasteiger partial charge in [0.2, 0.25) is 0 Å². The standard InChI is InChI=1S/C32H51O4P/c1-28(2,3)21-16-17-26(23(18-21)30(7,8)9)35-37(33,34)36-27-24(31(10,11)12)19-22(29(4,5)6)20-25(27)32(13,14)15/h16-20H,1-15H3,(H,33,34). The second-order valence-electron chi connectivity index (χ2n) is 15.5. The highest BCUT2D eigenvalue weighted by atomic mass is 31.2. The first-order valence-electron chi connectivity index (χ1n) is 13.3. The van der Waals surface area contributed by atoms with E-state index in [0.717, 1.165) is 27.8 Å². The Bertz CT molecular complexity index is 1140. The van der Waals surface area contributed by atoms with Gasteiger partial charge in [-0.3, -0.25) is 4.89 Å². The van der Waals surface area contributed by atoms with Gasteiger partial charge in [0.25, 0.3) is 0 Å². The minimum atomic E-state index is -4.54. The summed E-state index contributed by atoms with van der Waals surface area (Å²) < 4.78 is 25.6. The fourth-order valence-electron chi connectivity index (χ4n) is 4.19. The molecule has 0 saturated carbocycles. The zero-order chi connectivity index (χ0) is 29.0. The predicted molar refractivity (Wildman–Crippen MR) is 157 cm³/mol. The third-order valence-electron chi connectivity index (χ3n) is 6.64. The number of hydrogen-bond acceptors (Lipinski definition) is 3. The Labute approximate surface area is 226 Å². The van der Waals surface area contributed by atoms with E-state index in [1.165, 1.54) is 0 Å². The van der Waals surface area contributed by atoms with Crippen LogP contribution in [0.5, 0.6) is 11.5 Å². The van der Waals surface area contributed by atoms with E-state index in [2.05, 4.69) is 122 Å². The molecule has 0 aliphatic rings. The number of hydrogen-bond donors (Lipinski definition) is 1. The third-order valence-corrected chi connectivity index (χ3v) is 7.49. The summed E-state index contributed by atoms with van der Waals surface area (Å²) in [6.07, 6.45) is 0. The Kier molecular flexibility index (Phi) is 8.30. The van der Waals surface area contributed by atoms with Crippen LogP contribution in [0.3, 0.4) is 0 Å². The van der Waals surface area contributed by atoms with Gasteiger partial charge in [-0.15, -0.1) is 0 Å². The first kappa shape index (κ1) is 31.4. The molecule has 5 heteroatoms. The van der Waals surface area contributed by atoms with Gasteiger partial charge in [0, 0.05) is 16.7 Å². The lowest BCUT2D eigenvalue weighted by Crippen LogP contribution is -2.23. The zero-order valence-corrected chi connectivity index (χ0v) is 26.9. The van der Waals surface area contributed by atoms with Crippen molar-refractivity contribution in [1.82, 2.24) is 0 Å². The molecular formula is C32H51O4P. The summed E-state index contributed by atoms with van der Waals surface area (Å²) in [6, 6.07) is 10.1. The average molecular weight is 531 g/mol. The van der Waals surface area contributed by atoms with Crippen molar-refractivity contribution in [3.05, 3.63) is 58.1 Å². The van der Waals surface area contributed by atoms with Crippen molar-refractivity contribution in [2.75, 3.05) is 0 Å². The minimum absolute atomic E-state index is 0.0596. The van der Waals surface area contributed by atoms with Crippen molar-refractivity contribution >= 4 is 7.82 Å². The van der Waals surface area contributed by atoms with Gasteiger partial charge in [-0.05, 0) is 44.3 Å². The van der Waals surface area contributed by atoms with Crippen LogP contribution >= 0.6 is 7.82 Å². The van der Waals surface area contributed by atoms with Crippen LogP contribution in [0.1, 0.15) is 132 Å². The molecule has 0 heterocycles. The van der Waals surface area contributed by atoms with Gasteiger partial charge in [0.05, 0.1) is 0 Å². The summed E-state index contributed by atoms with van der Waals surface area (Å²) >= 11 is 0. The Morgan fingerprint density at radius 3 is 1.27 bits per heavy atom. The van der Waals surface area contributed by atoms with E-state index in [1.54, 1.807) is 6.07 Å². The summed E-state index contributed by atoms with van der Waals surface area (Å²) in [5.41, 5.74) is 3.87. The van der Waals surface area contributed by atoms with Crippen molar-refractivity contribution in [3.8, 4) is 11.5 Å². The summed E-state index contributed by atoms with van der Waals surface area (Å²) in [5.74, 6) is 0.801. The van der Waals surface area contributed by atoms with Gasteiger partial charge in [-0.2, -0.15) is 0 Å². The van der Waals surface area contributed by atoms with Crippen LogP contribution < -0.4 is 9.05 Å². The van der Waals surface area contributed by atoms with E-state index in [0.29, 0.717) is 11.5 Å². The molecule has 37 heavy (non-hydrogen) atoms. The smallest absolute Gasteiger partial charge is 0.395 e. The van der Waals surface area contributed by atoms with Gasteiger partial charge >= 0.3 is 7.82 Å². The molecule has 0 aliphatic heterocycles. The topological polar surface area (TPSA) is 55.8 Å². The quantitative estimate of drug-likeness (QED) is 0.400. The Morgan fingerprint density at radius 2 is 0.919 bits per heavy atom. The lowest BCUT2D eigenvalue weighted by Gasteiger charge is -2.33. The molecule has 4 nitrogen and oxygen atoms in total. The largest absolute Gasteiger partial charge is 0.584 e. The molecule has 0 fully saturated rings. The maximum atomic E-state index is 13.7. The molecule has 1 unspecified atom stereocenters. The number of rotatable bonds is 4. The van der Waals surface area contributed by atoms with Crippen molar-refractivity contribution in [2.24, 2.45) is 0 Å². The van der Waals surface area contributed by atoms with Crippen molar-refractivity contribution in [2.45, 2.75) is 131 Å². The maximum Gasteiger partial charge on any atom is 0.584 e. The third kappa shape index (κ3) is 7.87. The van der Waals surface area contributed by atoms with Crippen LogP contribution in [0.25, 0.3) is 0 Å². The van der Waals surface area contributed by atoms with Gasteiger partial charge in [0.1, 0.15) is 11.5 Å². The van der Waals surface area contributed by atoms with E-state index in [4.69, 9.17) is 9.05 Å². The van der Waals surface area contributed by atoms with E-state index in [-0.39, 0.29) is 27.1 Å². The summed E-state index contributed by atoms with van der Waals surface area (Å²) in [5, 5.41) is 0. The monoisotopic (exact) mass is 530 g/mol. The highest BCUT2D eigenvalue weighted by Gasteiger charge is 2.36. The Balaban J connectivity index is 2.71. The van der Waals surface area contributed by atoms with Crippen LogP contribution in [0.4, 0.5) is 0 Å². The molecule has 2 aromatic rings. The molecule has 0 bridgehead atoms. The normalized spacial score (nSPS) is 15.4. The first-order chi connectivity index (χ1) is 16.2. The molecule has 0 aliphatic carbocycles. The number of phosphoric ester groups is 1.